The second kappa shape index (κ2) is 8.05. The van der Waals surface area contributed by atoms with Crippen LogP contribution in [0.5, 0.6) is 0 Å². The van der Waals surface area contributed by atoms with Gasteiger partial charge in [0.25, 0.3) is 5.91 Å². The topological polar surface area (TPSA) is 61.8 Å². The molecule has 148 valence electrons. The van der Waals surface area contributed by atoms with Crippen molar-refractivity contribution in [2.24, 2.45) is 0 Å². The molecule has 0 N–H and O–H groups in total. The van der Waals surface area contributed by atoms with E-state index in [4.69, 9.17) is 4.74 Å². The summed E-state index contributed by atoms with van der Waals surface area (Å²) in [5.41, 5.74) is -0.495. The fourth-order valence-electron chi connectivity index (χ4n) is 3.45. The third-order valence-electron chi connectivity index (χ3n) is 5.04. The number of nitrogens with zero attached hydrogens (tertiary/aromatic N) is 5. The van der Waals surface area contributed by atoms with Crippen molar-refractivity contribution in [1.29, 1.82) is 0 Å². The van der Waals surface area contributed by atoms with Crippen LogP contribution in [0.1, 0.15) is 10.4 Å². The van der Waals surface area contributed by atoms with Gasteiger partial charge in [-0.2, -0.15) is 0 Å². The summed E-state index contributed by atoms with van der Waals surface area (Å²) >= 11 is 0. The van der Waals surface area contributed by atoms with Crippen molar-refractivity contribution in [3.8, 4) is 0 Å². The second-order valence-corrected chi connectivity index (χ2v) is 6.73. The summed E-state index contributed by atoms with van der Waals surface area (Å²) in [7, 11) is 0. The van der Waals surface area contributed by atoms with E-state index in [2.05, 4.69) is 15.1 Å². The Balaban J connectivity index is 1.38. The average molecular weight is 389 g/mol. The number of morpholine rings is 1. The molecule has 2 saturated heterocycles. The number of ether oxygens (including phenoxy) is 1. The van der Waals surface area contributed by atoms with Gasteiger partial charge in [-0.1, -0.05) is 6.07 Å². The molecule has 2 aromatic rings. The molecule has 0 bridgehead atoms. The second-order valence-electron chi connectivity index (χ2n) is 6.73. The SMILES string of the molecule is O=C(c1c(F)cccc1F)N1CCN(c2ccc(N3CCOCC3)nn2)CC1. The largest absolute Gasteiger partial charge is 0.378 e. The molecule has 1 aromatic heterocycles. The maximum Gasteiger partial charge on any atom is 0.259 e. The van der Waals surface area contributed by atoms with Gasteiger partial charge in [-0.3, -0.25) is 4.79 Å². The van der Waals surface area contributed by atoms with Gasteiger partial charge in [0.15, 0.2) is 11.6 Å². The molecule has 0 radical (unpaired) electrons. The third-order valence-corrected chi connectivity index (χ3v) is 5.04. The Morgan fingerprint density at radius 1 is 0.821 bits per heavy atom. The van der Waals surface area contributed by atoms with Crippen LogP contribution in [0.15, 0.2) is 30.3 Å². The van der Waals surface area contributed by atoms with Crippen LogP contribution in [0.4, 0.5) is 20.4 Å². The summed E-state index contributed by atoms with van der Waals surface area (Å²) < 4.78 is 33.1. The summed E-state index contributed by atoms with van der Waals surface area (Å²) in [5.74, 6) is -0.755. The molecule has 28 heavy (non-hydrogen) atoms. The molecule has 0 atom stereocenters. The van der Waals surface area contributed by atoms with Crippen LogP contribution in [0.3, 0.4) is 0 Å². The number of piperazine rings is 1. The summed E-state index contributed by atoms with van der Waals surface area (Å²) in [6.07, 6.45) is 0. The monoisotopic (exact) mass is 389 g/mol. The lowest BCUT2D eigenvalue weighted by molar-refractivity contribution is 0.0736. The lowest BCUT2D eigenvalue weighted by Gasteiger charge is -2.35. The summed E-state index contributed by atoms with van der Waals surface area (Å²) in [6.45, 7) is 4.71. The predicted molar refractivity (Wildman–Crippen MR) is 99.5 cm³/mol. The Bertz CT molecular complexity index is 814. The number of amides is 1. The van der Waals surface area contributed by atoms with Gasteiger partial charge in [-0.05, 0) is 24.3 Å². The molecule has 3 heterocycles. The average Bonchev–Trinajstić information content (AvgIpc) is 2.74. The molecule has 0 saturated carbocycles. The minimum atomic E-state index is -0.836. The van der Waals surface area contributed by atoms with E-state index in [0.29, 0.717) is 39.4 Å². The highest BCUT2D eigenvalue weighted by molar-refractivity contribution is 5.95. The minimum Gasteiger partial charge on any atom is -0.378 e. The van der Waals surface area contributed by atoms with Gasteiger partial charge in [0.05, 0.1) is 13.2 Å². The molecule has 9 heteroatoms. The van der Waals surface area contributed by atoms with Crippen LogP contribution in [0.2, 0.25) is 0 Å². The van der Waals surface area contributed by atoms with Gasteiger partial charge in [0, 0.05) is 39.3 Å². The molecule has 1 aromatic carbocycles. The van der Waals surface area contributed by atoms with Gasteiger partial charge in [-0.25, -0.2) is 8.78 Å². The third kappa shape index (κ3) is 3.75. The first-order chi connectivity index (χ1) is 13.6. The van der Waals surface area contributed by atoms with Gasteiger partial charge >= 0.3 is 0 Å². The number of hydrogen-bond acceptors (Lipinski definition) is 6. The van der Waals surface area contributed by atoms with Crippen molar-refractivity contribution >= 4 is 17.5 Å². The molecule has 4 rings (SSSR count). The molecular weight excluding hydrogens is 368 g/mol. The highest BCUT2D eigenvalue weighted by Crippen LogP contribution is 2.20. The fourth-order valence-corrected chi connectivity index (χ4v) is 3.45. The summed E-state index contributed by atoms with van der Waals surface area (Å²) in [6, 6.07) is 7.28. The van der Waals surface area contributed by atoms with E-state index in [1.165, 1.54) is 11.0 Å². The first-order valence-corrected chi connectivity index (χ1v) is 9.28. The Morgan fingerprint density at radius 2 is 1.36 bits per heavy atom. The van der Waals surface area contributed by atoms with E-state index >= 15 is 0 Å². The van der Waals surface area contributed by atoms with Crippen molar-refractivity contribution in [2.45, 2.75) is 0 Å². The number of carbonyl (C=O) groups is 1. The molecule has 0 unspecified atom stereocenters. The van der Waals surface area contributed by atoms with Crippen LogP contribution >= 0.6 is 0 Å². The standard InChI is InChI=1S/C19H21F2N5O2/c20-14-2-1-3-15(21)18(14)19(27)26-8-6-24(7-9-26)16-4-5-17(23-22-16)25-10-12-28-13-11-25/h1-5H,6-13H2. The van der Waals surface area contributed by atoms with Gasteiger partial charge in [0.2, 0.25) is 0 Å². The molecule has 2 aliphatic heterocycles. The molecule has 2 aliphatic rings. The maximum atomic E-state index is 13.9. The number of carbonyl (C=O) groups excluding carboxylic acids is 1. The zero-order valence-corrected chi connectivity index (χ0v) is 15.4. The number of rotatable bonds is 3. The molecule has 1 amide bonds. The van der Waals surface area contributed by atoms with Crippen LogP contribution in [0, 0.1) is 11.6 Å². The Labute approximate surface area is 161 Å². The van der Waals surface area contributed by atoms with E-state index in [0.717, 1.165) is 36.9 Å². The quantitative estimate of drug-likeness (QED) is 0.794. The van der Waals surface area contributed by atoms with Crippen LogP contribution in [0.25, 0.3) is 0 Å². The maximum absolute atomic E-state index is 13.9. The summed E-state index contributed by atoms with van der Waals surface area (Å²) in [4.78, 5) is 18.1. The lowest BCUT2D eigenvalue weighted by Crippen LogP contribution is -2.49. The smallest absolute Gasteiger partial charge is 0.259 e. The van der Waals surface area contributed by atoms with Gasteiger partial charge in [0.1, 0.15) is 17.2 Å². The van der Waals surface area contributed by atoms with E-state index in [1.54, 1.807) is 0 Å². The molecule has 0 spiro atoms. The van der Waals surface area contributed by atoms with E-state index in [-0.39, 0.29) is 0 Å². The fraction of sp³-hybridized carbons (Fsp3) is 0.421. The van der Waals surface area contributed by atoms with Crippen molar-refractivity contribution in [1.82, 2.24) is 15.1 Å². The highest BCUT2D eigenvalue weighted by Gasteiger charge is 2.27. The Kier molecular flexibility index (Phi) is 5.34. The minimum absolute atomic E-state index is 0.361. The summed E-state index contributed by atoms with van der Waals surface area (Å²) in [5, 5.41) is 8.61. The number of anilines is 2. The van der Waals surface area contributed by atoms with Crippen LogP contribution < -0.4 is 9.80 Å². The molecular formula is C19H21F2N5O2. The van der Waals surface area contributed by atoms with Crippen molar-refractivity contribution in [2.75, 3.05) is 62.3 Å². The van der Waals surface area contributed by atoms with Crippen LogP contribution in [-0.4, -0.2) is 73.5 Å². The van der Waals surface area contributed by atoms with E-state index < -0.39 is 23.1 Å². The zero-order chi connectivity index (χ0) is 19.5. The van der Waals surface area contributed by atoms with Gasteiger partial charge < -0.3 is 19.4 Å². The number of hydrogen-bond donors (Lipinski definition) is 0. The number of halogens is 2. The van der Waals surface area contributed by atoms with Crippen molar-refractivity contribution in [3.63, 3.8) is 0 Å². The highest BCUT2D eigenvalue weighted by atomic mass is 19.1. The van der Waals surface area contributed by atoms with E-state index in [1.807, 2.05) is 17.0 Å². The number of benzene rings is 1. The van der Waals surface area contributed by atoms with Crippen molar-refractivity contribution in [3.05, 3.63) is 47.5 Å². The lowest BCUT2D eigenvalue weighted by atomic mass is 10.1. The first-order valence-electron chi connectivity index (χ1n) is 9.28. The van der Waals surface area contributed by atoms with Gasteiger partial charge in [-0.15, -0.1) is 10.2 Å². The Morgan fingerprint density at radius 3 is 1.89 bits per heavy atom. The number of aromatic nitrogens is 2. The van der Waals surface area contributed by atoms with E-state index in [9.17, 15) is 13.6 Å². The molecule has 7 nitrogen and oxygen atoms in total. The molecule has 0 aliphatic carbocycles. The van der Waals surface area contributed by atoms with Crippen molar-refractivity contribution < 1.29 is 18.3 Å². The first kappa shape index (κ1) is 18.5. The normalized spacial score (nSPS) is 17.7. The van der Waals surface area contributed by atoms with Crippen LogP contribution in [-0.2, 0) is 4.74 Å². The molecule has 2 fully saturated rings. The predicted octanol–water partition coefficient (Wildman–Crippen LogP) is 1.55. The zero-order valence-electron chi connectivity index (χ0n) is 15.4. The Hall–Kier alpha value is -2.81.